The first-order valence-corrected chi connectivity index (χ1v) is 12.7. The van der Waals surface area contributed by atoms with Crippen molar-refractivity contribution in [3.63, 3.8) is 0 Å². The maximum atomic E-state index is 13.1. The molecule has 33 heavy (non-hydrogen) atoms. The predicted molar refractivity (Wildman–Crippen MR) is 126 cm³/mol. The summed E-state index contributed by atoms with van der Waals surface area (Å²) in [4.78, 5) is 12.0. The van der Waals surface area contributed by atoms with Crippen molar-refractivity contribution in [3.8, 4) is 0 Å². The number of rotatable bonds is 9. The number of aryl methyl sites for hydroxylation is 3. The quantitative estimate of drug-likeness (QED) is 0.174. The molecular formula is C23H28N2O6S2. The minimum absolute atomic E-state index is 0.0315. The van der Waals surface area contributed by atoms with Crippen molar-refractivity contribution < 1.29 is 32.4 Å². The van der Waals surface area contributed by atoms with Crippen LogP contribution in [0.1, 0.15) is 30.5 Å². The molecule has 2 rings (SSSR count). The number of thioether (sulfide) groups is 1. The number of pyridine rings is 1. The van der Waals surface area contributed by atoms with Gasteiger partial charge in [-0.15, -0.1) is 4.40 Å². The number of carbonyl (C=O) groups excluding carboxylic acids is 1. The van der Waals surface area contributed by atoms with Crippen LogP contribution < -0.4 is 9.67 Å². The van der Waals surface area contributed by atoms with Gasteiger partial charge >= 0.3 is 5.97 Å². The molecule has 8 nitrogen and oxygen atoms in total. The Kier molecular flexibility index (Phi) is 9.48. The molecule has 0 bridgehead atoms. The summed E-state index contributed by atoms with van der Waals surface area (Å²) in [6.07, 6.45) is 3.33. The Hall–Kier alpha value is -2.85. The molecular weight excluding hydrogens is 464 g/mol. The Labute approximate surface area is 199 Å². The van der Waals surface area contributed by atoms with Crippen molar-refractivity contribution in [2.24, 2.45) is 4.40 Å². The zero-order valence-corrected chi connectivity index (χ0v) is 21.0. The SMILES string of the molecule is CCOC(=O)CSC(=NS(=O)(=O)c1ccc(C)cc1)/C(=C(\[O-])OCC)[n+]1cc(C)cc(C)c1. The van der Waals surface area contributed by atoms with Gasteiger partial charge < -0.3 is 14.6 Å². The number of benzene rings is 1. The van der Waals surface area contributed by atoms with E-state index in [9.17, 15) is 18.3 Å². The highest BCUT2D eigenvalue weighted by Crippen LogP contribution is 2.22. The number of nitrogens with zero attached hydrogens (tertiary/aromatic N) is 2. The standard InChI is InChI=1S/C23H28N2O6S2/c1-6-30-20(26)15-32-22(24-33(28,29)19-10-8-16(3)9-11-19)21(23(27)31-7-2)25-13-17(4)12-18(5)14-25/h8-14H,6-7,15H2,1-5H3. The number of carbonyl (C=O) groups is 1. The molecule has 0 fully saturated rings. The molecule has 10 heteroatoms. The molecule has 0 radical (unpaired) electrons. The van der Waals surface area contributed by atoms with Crippen molar-refractivity contribution in [2.75, 3.05) is 19.0 Å². The molecule has 0 saturated heterocycles. The number of hydrogen-bond acceptors (Lipinski definition) is 7. The molecule has 1 aromatic heterocycles. The van der Waals surface area contributed by atoms with Crippen LogP contribution in [0.3, 0.4) is 0 Å². The summed E-state index contributed by atoms with van der Waals surface area (Å²) in [5, 5.41) is 12.8. The van der Waals surface area contributed by atoms with Crippen molar-refractivity contribution in [2.45, 2.75) is 39.5 Å². The van der Waals surface area contributed by atoms with E-state index < -0.39 is 21.9 Å². The summed E-state index contributed by atoms with van der Waals surface area (Å²) in [6, 6.07) is 8.10. The lowest BCUT2D eigenvalue weighted by Crippen LogP contribution is -2.40. The van der Waals surface area contributed by atoms with Crippen molar-refractivity contribution >= 4 is 38.5 Å². The summed E-state index contributed by atoms with van der Waals surface area (Å²) in [5.74, 6) is -1.55. The van der Waals surface area contributed by atoms with Crippen molar-refractivity contribution in [1.29, 1.82) is 0 Å². The lowest BCUT2D eigenvalue weighted by atomic mass is 10.2. The van der Waals surface area contributed by atoms with Gasteiger partial charge in [-0.25, -0.2) is 0 Å². The van der Waals surface area contributed by atoms with E-state index in [-0.39, 0.29) is 34.6 Å². The highest BCUT2D eigenvalue weighted by atomic mass is 32.2. The van der Waals surface area contributed by atoms with E-state index in [2.05, 4.69) is 4.40 Å². The van der Waals surface area contributed by atoms with Gasteiger partial charge in [0.15, 0.2) is 17.4 Å². The van der Waals surface area contributed by atoms with Crippen LogP contribution in [0.4, 0.5) is 0 Å². The van der Waals surface area contributed by atoms with Crippen LogP contribution >= 0.6 is 11.8 Å². The molecule has 178 valence electrons. The smallest absolute Gasteiger partial charge is 0.316 e. The van der Waals surface area contributed by atoms with Crippen LogP contribution in [0.15, 0.2) is 58.0 Å². The molecule has 1 heterocycles. The van der Waals surface area contributed by atoms with Gasteiger partial charge in [-0.3, -0.25) is 4.79 Å². The van der Waals surface area contributed by atoms with E-state index in [1.54, 1.807) is 38.4 Å². The molecule has 0 amide bonds. The molecule has 0 saturated carbocycles. The maximum Gasteiger partial charge on any atom is 0.316 e. The summed E-state index contributed by atoms with van der Waals surface area (Å²) < 4.78 is 41.8. The third-order valence-corrected chi connectivity index (χ3v) is 6.57. The van der Waals surface area contributed by atoms with Gasteiger partial charge in [0.1, 0.15) is 5.95 Å². The number of hydrogen-bond donors (Lipinski definition) is 0. The van der Waals surface area contributed by atoms with E-state index in [4.69, 9.17) is 9.47 Å². The third-order valence-electron chi connectivity index (χ3n) is 4.22. The average molecular weight is 493 g/mol. The zero-order valence-electron chi connectivity index (χ0n) is 19.3. The molecule has 0 spiro atoms. The first-order chi connectivity index (χ1) is 15.6. The number of ether oxygens (including phenoxy) is 2. The molecule has 1 aromatic carbocycles. The maximum absolute atomic E-state index is 13.1. The van der Waals surface area contributed by atoms with E-state index in [0.717, 1.165) is 28.5 Å². The predicted octanol–water partition coefficient (Wildman–Crippen LogP) is 2.51. The topological polar surface area (TPSA) is 109 Å². The molecule has 0 aliphatic heterocycles. The summed E-state index contributed by atoms with van der Waals surface area (Å²) >= 11 is 0.801. The van der Waals surface area contributed by atoms with Crippen LogP contribution in [-0.2, 0) is 24.3 Å². The fourth-order valence-electron chi connectivity index (χ4n) is 2.88. The molecule has 2 aromatic rings. The van der Waals surface area contributed by atoms with Gasteiger partial charge in [0.05, 0.1) is 17.3 Å². The lowest BCUT2D eigenvalue weighted by molar-refractivity contribution is -0.584. The number of esters is 1. The Morgan fingerprint density at radius 2 is 1.58 bits per heavy atom. The lowest BCUT2D eigenvalue weighted by Gasteiger charge is -2.16. The van der Waals surface area contributed by atoms with Crippen molar-refractivity contribution in [1.82, 2.24) is 0 Å². The fraction of sp³-hybridized carbons (Fsp3) is 0.348. The minimum atomic E-state index is -4.19. The second kappa shape index (κ2) is 11.9. The van der Waals surface area contributed by atoms with E-state index in [0.29, 0.717) is 0 Å². The summed E-state index contributed by atoms with van der Waals surface area (Å²) in [7, 11) is -4.19. The Balaban J connectivity index is 2.70. The van der Waals surface area contributed by atoms with Gasteiger partial charge in [-0.1, -0.05) is 36.4 Å². The van der Waals surface area contributed by atoms with E-state index in [1.165, 1.54) is 16.7 Å². The van der Waals surface area contributed by atoms with E-state index >= 15 is 0 Å². The van der Waals surface area contributed by atoms with Gasteiger partial charge in [0.2, 0.25) is 0 Å². The molecule has 0 N–H and O–H groups in total. The van der Waals surface area contributed by atoms with Crippen LogP contribution in [0, 0.1) is 20.8 Å². The fourth-order valence-corrected chi connectivity index (χ4v) is 4.94. The largest absolute Gasteiger partial charge is 0.609 e. The Morgan fingerprint density at radius 3 is 2.12 bits per heavy atom. The first-order valence-electron chi connectivity index (χ1n) is 10.3. The van der Waals surface area contributed by atoms with Crippen LogP contribution in [0.5, 0.6) is 0 Å². The molecule has 0 atom stereocenters. The third kappa shape index (κ3) is 7.61. The normalized spacial score (nSPS) is 12.8. The van der Waals surface area contributed by atoms with Gasteiger partial charge in [-0.2, -0.15) is 13.0 Å². The minimum Gasteiger partial charge on any atom is -0.609 e. The molecule has 0 unspecified atom stereocenters. The summed E-state index contributed by atoms with van der Waals surface area (Å²) in [6.45, 7) is 9.09. The monoisotopic (exact) mass is 492 g/mol. The molecule has 0 aliphatic rings. The van der Waals surface area contributed by atoms with Gasteiger partial charge in [0, 0.05) is 11.1 Å². The second-order valence-electron chi connectivity index (χ2n) is 7.15. The first kappa shape index (κ1) is 26.4. The Morgan fingerprint density at radius 1 is 1.00 bits per heavy atom. The van der Waals surface area contributed by atoms with Crippen LogP contribution in [0.25, 0.3) is 5.70 Å². The highest BCUT2D eigenvalue weighted by Gasteiger charge is 2.27. The van der Waals surface area contributed by atoms with Gasteiger partial charge in [-0.05, 0) is 52.5 Å². The van der Waals surface area contributed by atoms with Gasteiger partial charge in [0.25, 0.3) is 15.7 Å². The van der Waals surface area contributed by atoms with Crippen LogP contribution in [0.2, 0.25) is 0 Å². The number of aromatic nitrogens is 1. The second-order valence-corrected chi connectivity index (χ2v) is 9.71. The molecule has 0 aliphatic carbocycles. The zero-order chi connectivity index (χ0) is 24.6. The van der Waals surface area contributed by atoms with Crippen molar-refractivity contribution in [3.05, 3.63) is 65.4 Å². The highest BCUT2D eigenvalue weighted by molar-refractivity contribution is 8.16. The summed E-state index contributed by atoms with van der Waals surface area (Å²) in [5.41, 5.74) is 2.47. The average Bonchev–Trinajstić information content (AvgIpc) is 2.72. The van der Waals surface area contributed by atoms with E-state index in [1.807, 2.05) is 26.8 Å². The number of sulfonamides is 1. The van der Waals surface area contributed by atoms with Crippen LogP contribution in [-0.4, -0.2) is 38.4 Å². The Bertz CT molecular complexity index is 1140.